The molecule has 8 heteroatoms. The molecule has 0 bridgehead atoms. The first kappa shape index (κ1) is 24.9. The quantitative estimate of drug-likeness (QED) is 0.248. The third kappa shape index (κ3) is 8.89. The van der Waals surface area contributed by atoms with Gasteiger partial charge < -0.3 is 21.3 Å². The summed E-state index contributed by atoms with van der Waals surface area (Å²) in [7, 11) is 0. The van der Waals surface area contributed by atoms with E-state index in [4.69, 9.17) is 4.99 Å². The van der Waals surface area contributed by atoms with Crippen LogP contribution in [0.2, 0.25) is 0 Å². The van der Waals surface area contributed by atoms with Crippen LogP contribution in [0.3, 0.4) is 0 Å². The lowest BCUT2D eigenvalue weighted by molar-refractivity contribution is 0.250. The van der Waals surface area contributed by atoms with E-state index in [0.717, 1.165) is 29.0 Å². The van der Waals surface area contributed by atoms with Gasteiger partial charge in [-0.2, -0.15) is 11.8 Å². The number of hydrogen-bond acceptors (Lipinski definition) is 3. The molecule has 2 amide bonds. The fraction of sp³-hybridized carbons (Fsp3) is 0.600. The molecular formula is C20H34IN5OS. The molecule has 1 aromatic carbocycles. The summed E-state index contributed by atoms with van der Waals surface area (Å²) in [6.07, 6.45) is 5.87. The molecule has 2 unspecified atom stereocenters. The van der Waals surface area contributed by atoms with Crippen molar-refractivity contribution in [3.05, 3.63) is 29.8 Å². The van der Waals surface area contributed by atoms with E-state index >= 15 is 0 Å². The molecule has 6 nitrogen and oxygen atoms in total. The fourth-order valence-electron chi connectivity index (χ4n) is 3.09. The van der Waals surface area contributed by atoms with Gasteiger partial charge in [0.2, 0.25) is 0 Å². The molecule has 0 aromatic heterocycles. The Hall–Kier alpha value is -1.16. The Morgan fingerprint density at radius 1 is 1.25 bits per heavy atom. The van der Waals surface area contributed by atoms with Crippen molar-refractivity contribution in [3.8, 4) is 0 Å². The van der Waals surface area contributed by atoms with Gasteiger partial charge in [0.15, 0.2) is 5.96 Å². The number of carbonyl (C=O) groups excluding carboxylic acids is 1. The predicted molar refractivity (Wildman–Crippen MR) is 132 cm³/mol. The molecular weight excluding hydrogens is 485 g/mol. The minimum atomic E-state index is -0.186. The van der Waals surface area contributed by atoms with Gasteiger partial charge in [0.25, 0.3) is 0 Å². The van der Waals surface area contributed by atoms with Crippen LogP contribution in [-0.2, 0) is 6.54 Å². The number of guanidine groups is 1. The number of anilines is 1. The summed E-state index contributed by atoms with van der Waals surface area (Å²) in [5.41, 5.74) is 1.88. The number of thioether (sulfide) groups is 1. The van der Waals surface area contributed by atoms with Crippen molar-refractivity contribution in [2.24, 2.45) is 4.99 Å². The van der Waals surface area contributed by atoms with Gasteiger partial charge in [0.05, 0.1) is 6.54 Å². The fourth-order valence-corrected chi connectivity index (χ4v) is 3.89. The highest BCUT2D eigenvalue weighted by atomic mass is 127. The predicted octanol–water partition coefficient (Wildman–Crippen LogP) is 4.17. The molecule has 1 aromatic rings. The summed E-state index contributed by atoms with van der Waals surface area (Å²) in [6.45, 7) is 7.40. The van der Waals surface area contributed by atoms with Crippen LogP contribution >= 0.6 is 35.7 Å². The molecule has 1 aliphatic rings. The molecule has 2 atom stereocenters. The Kier molecular flexibility index (Phi) is 11.7. The maximum absolute atomic E-state index is 11.7. The lowest BCUT2D eigenvalue weighted by Gasteiger charge is -2.17. The second kappa shape index (κ2) is 13.1. The highest BCUT2D eigenvalue weighted by Crippen LogP contribution is 2.28. The van der Waals surface area contributed by atoms with Crippen LogP contribution in [0.5, 0.6) is 0 Å². The van der Waals surface area contributed by atoms with Crippen molar-refractivity contribution in [2.75, 3.05) is 18.1 Å². The second-order valence-corrected chi connectivity index (χ2v) is 8.30. The number of nitrogens with one attached hydrogen (secondary N) is 4. The second-order valence-electron chi connectivity index (χ2n) is 7.16. The molecule has 1 aliphatic carbocycles. The number of urea groups is 1. The smallest absolute Gasteiger partial charge is 0.319 e. The average Bonchev–Trinajstić information content (AvgIpc) is 3.08. The highest BCUT2D eigenvalue weighted by molar-refractivity contribution is 14.0. The van der Waals surface area contributed by atoms with E-state index < -0.39 is 0 Å². The van der Waals surface area contributed by atoms with E-state index in [-0.39, 0.29) is 36.0 Å². The van der Waals surface area contributed by atoms with E-state index in [1.807, 2.05) is 49.9 Å². The first-order valence-electron chi connectivity index (χ1n) is 9.74. The molecule has 158 valence electrons. The highest BCUT2D eigenvalue weighted by Gasteiger charge is 2.24. The van der Waals surface area contributed by atoms with Crippen molar-refractivity contribution >= 4 is 53.4 Å². The Morgan fingerprint density at radius 3 is 2.54 bits per heavy atom. The minimum absolute atomic E-state index is 0. The van der Waals surface area contributed by atoms with Crippen LogP contribution < -0.4 is 21.3 Å². The summed E-state index contributed by atoms with van der Waals surface area (Å²) >= 11 is 1.96. The summed E-state index contributed by atoms with van der Waals surface area (Å²) in [5.74, 6) is 0.878. The normalized spacial score (nSPS) is 19.1. The zero-order valence-corrected chi connectivity index (χ0v) is 20.4. The summed E-state index contributed by atoms with van der Waals surface area (Å²) in [5, 5.41) is 13.3. The van der Waals surface area contributed by atoms with Crippen LogP contribution in [0.4, 0.5) is 10.5 Å². The maximum atomic E-state index is 11.7. The minimum Gasteiger partial charge on any atom is -0.357 e. The lowest BCUT2D eigenvalue weighted by atomic mass is 10.2. The molecule has 0 aliphatic heterocycles. The van der Waals surface area contributed by atoms with Gasteiger partial charge in [-0.25, -0.2) is 9.79 Å². The topological polar surface area (TPSA) is 77.5 Å². The van der Waals surface area contributed by atoms with Crippen molar-refractivity contribution in [1.29, 1.82) is 0 Å². The van der Waals surface area contributed by atoms with Gasteiger partial charge >= 0.3 is 6.03 Å². The zero-order valence-electron chi connectivity index (χ0n) is 17.2. The molecule has 1 saturated carbocycles. The van der Waals surface area contributed by atoms with Gasteiger partial charge in [-0.3, -0.25) is 0 Å². The van der Waals surface area contributed by atoms with E-state index in [2.05, 4.69) is 34.4 Å². The molecule has 0 spiro atoms. The monoisotopic (exact) mass is 519 g/mol. The Balaban J connectivity index is 0.00000392. The number of nitrogens with zero attached hydrogens (tertiary/aromatic N) is 1. The standard InChI is InChI=1S/C20H33N5OS.HI/c1-5-21-19(24-17-10-11-18(12-17)27-4)22-13-15-6-8-16(9-7-15)25-20(26)23-14(2)3;/h6-9,14,17-18H,5,10-13H2,1-4H3,(H2,21,22,24)(H2,23,25,26);1H. The zero-order chi connectivity index (χ0) is 19.6. The number of aliphatic imine (C=N–C) groups is 1. The number of benzene rings is 1. The molecule has 1 fully saturated rings. The maximum Gasteiger partial charge on any atom is 0.319 e. The Labute approximate surface area is 190 Å². The average molecular weight is 519 g/mol. The first-order valence-corrected chi connectivity index (χ1v) is 11.0. The molecule has 28 heavy (non-hydrogen) atoms. The molecule has 0 radical (unpaired) electrons. The van der Waals surface area contributed by atoms with E-state index in [0.29, 0.717) is 12.6 Å². The summed E-state index contributed by atoms with van der Waals surface area (Å²) < 4.78 is 0. The largest absolute Gasteiger partial charge is 0.357 e. The number of hydrogen-bond donors (Lipinski definition) is 4. The van der Waals surface area contributed by atoms with Gasteiger partial charge in [-0.05, 0) is 64.0 Å². The Morgan fingerprint density at radius 2 is 1.96 bits per heavy atom. The van der Waals surface area contributed by atoms with Crippen molar-refractivity contribution in [2.45, 2.75) is 63.9 Å². The third-order valence-corrected chi connectivity index (χ3v) is 5.55. The van der Waals surface area contributed by atoms with Gasteiger partial charge in [-0.15, -0.1) is 24.0 Å². The number of rotatable bonds is 7. The molecule has 4 N–H and O–H groups in total. The van der Waals surface area contributed by atoms with Crippen LogP contribution in [-0.4, -0.2) is 42.1 Å². The van der Waals surface area contributed by atoms with Crippen LogP contribution in [0.15, 0.2) is 29.3 Å². The van der Waals surface area contributed by atoms with Crippen LogP contribution in [0, 0.1) is 0 Å². The number of halogens is 1. The molecule has 2 rings (SSSR count). The number of carbonyl (C=O) groups is 1. The molecule has 0 saturated heterocycles. The van der Waals surface area contributed by atoms with Crippen molar-refractivity contribution < 1.29 is 4.79 Å². The first-order chi connectivity index (χ1) is 13.0. The van der Waals surface area contributed by atoms with Crippen LogP contribution in [0.25, 0.3) is 0 Å². The summed E-state index contributed by atoms with van der Waals surface area (Å²) in [4.78, 5) is 16.5. The number of amides is 2. The van der Waals surface area contributed by atoms with Gasteiger partial charge in [0, 0.05) is 29.6 Å². The van der Waals surface area contributed by atoms with Gasteiger partial charge in [-0.1, -0.05) is 12.1 Å². The summed E-state index contributed by atoms with van der Waals surface area (Å²) in [6, 6.07) is 8.24. The van der Waals surface area contributed by atoms with Crippen LogP contribution in [0.1, 0.15) is 45.6 Å². The Bertz CT molecular complexity index is 624. The SMILES string of the molecule is CCNC(=NCc1ccc(NC(=O)NC(C)C)cc1)NC1CCC(SC)C1.I. The van der Waals surface area contributed by atoms with Gasteiger partial charge in [0.1, 0.15) is 0 Å². The van der Waals surface area contributed by atoms with E-state index in [9.17, 15) is 4.79 Å². The van der Waals surface area contributed by atoms with E-state index in [1.54, 1.807) is 0 Å². The third-order valence-electron chi connectivity index (χ3n) is 4.45. The van der Waals surface area contributed by atoms with Crippen molar-refractivity contribution in [1.82, 2.24) is 16.0 Å². The van der Waals surface area contributed by atoms with Crippen molar-refractivity contribution in [3.63, 3.8) is 0 Å². The van der Waals surface area contributed by atoms with E-state index in [1.165, 1.54) is 19.3 Å². The molecule has 0 heterocycles. The lowest BCUT2D eigenvalue weighted by Crippen LogP contribution is -2.42.